The summed E-state index contributed by atoms with van der Waals surface area (Å²) in [7, 11) is -0.874. The highest BCUT2D eigenvalue weighted by Crippen LogP contribution is 2.36. The smallest absolute Gasteiger partial charge is 0.238 e. The predicted molar refractivity (Wildman–Crippen MR) is 80.2 cm³/mol. The highest BCUT2D eigenvalue weighted by Gasteiger charge is 2.21. The van der Waals surface area contributed by atoms with Crippen molar-refractivity contribution in [3.05, 3.63) is 53.6 Å². The van der Waals surface area contributed by atoms with Crippen molar-refractivity contribution >= 4 is 10.0 Å². The van der Waals surface area contributed by atoms with E-state index in [9.17, 15) is 8.42 Å². The first-order valence-corrected chi connectivity index (χ1v) is 7.82. The minimum atomic E-state index is -3.85. The lowest BCUT2D eigenvalue weighted by molar-refractivity contribution is 0.350. The maximum atomic E-state index is 11.8. The number of rotatable bonds is 5. The number of methoxy groups -OCH3 is 2. The van der Waals surface area contributed by atoms with E-state index in [1.807, 2.05) is 30.3 Å². The Labute approximate surface area is 124 Å². The minimum absolute atomic E-state index is 0.0454. The van der Waals surface area contributed by atoms with E-state index in [1.54, 1.807) is 0 Å². The fraction of sp³-hybridized carbons (Fsp3) is 0.200. The molecule has 2 N–H and O–H groups in total. The van der Waals surface area contributed by atoms with Gasteiger partial charge >= 0.3 is 0 Å². The molecule has 0 saturated carbocycles. The molecule has 0 aliphatic carbocycles. The molecule has 0 aromatic heterocycles. The second-order valence-electron chi connectivity index (χ2n) is 4.49. The minimum Gasteiger partial charge on any atom is -0.493 e. The molecule has 0 atom stereocenters. The number of sulfonamides is 1. The molecule has 2 rings (SSSR count). The number of ether oxygens (including phenoxy) is 2. The van der Waals surface area contributed by atoms with Crippen LogP contribution >= 0.6 is 0 Å². The quantitative estimate of drug-likeness (QED) is 0.915. The zero-order valence-corrected chi connectivity index (χ0v) is 12.7. The Kier molecular flexibility index (Phi) is 4.50. The van der Waals surface area contributed by atoms with Gasteiger partial charge in [-0.3, -0.25) is 0 Å². The fourth-order valence-corrected chi connectivity index (χ4v) is 2.97. The summed E-state index contributed by atoms with van der Waals surface area (Å²) in [5.74, 6) is 0.851. The molecule has 0 spiro atoms. The van der Waals surface area contributed by atoms with E-state index < -0.39 is 10.0 Å². The van der Waals surface area contributed by atoms with Gasteiger partial charge in [-0.1, -0.05) is 30.3 Å². The summed E-state index contributed by atoms with van der Waals surface area (Å²) in [5, 5.41) is 5.30. The highest BCUT2D eigenvalue weighted by atomic mass is 32.2. The lowest BCUT2D eigenvalue weighted by atomic mass is 10.0. The van der Waals surface area contributed by atoms with Crippen molar-refractivity contribution in [2.24, 2.45) is 5.14 Å². The molecule has 0 fully saturated rings. The molecule has 5 nitrogen and oxygen atoms in total. The first kappa shape index (κ1) is 15.3. The van der Waals surface area contributed by atoms with Gasteiger partial charge in [0.1, 0.15) is 0 Å². The normalized spacial score (nSPS) is 11.2. The molecule has 0 aliphatic heterocycles. The number of hydrogen-bond donors (Lipinski definition) is 1. The molecule has 0 heterocycles. The lowest BCUT2D eigenvalue weighted by Crippen LogP contribution is -2.15. The standard InChI is InChI=1S/C15H17NO4S/c1-19-13-8-9-14(21(16,17)18)12(15(13)20-2)10-11-6-4-3-5-7-11/h3-9H,10H2,1-2H3,(H2,16,17,18). The molecule has 0 bridgehead atoms. The second-order valence-corrected chi connectivity index (χ2v) is 6.01. The van der Waals surface area contributed by atoms with Crippen LogP contribution < -0.4 is 14.6 Å². The Morgan fingerprint density at radius 2 is 1.67 bits per heavy atom. The van der Waals surface area contributed by atoms with Gasteiger partial charge in [0.05, 0.1) is 19.1 Å². The Balaban J connectivity index is 2.64. The van der Waals surface area contributed by atoms with Crippen LogP contribution in [-0.2, 0) is 16.4 Å². The molecular weight excluding hydrogens is 290 g/mol. The van der Waals surface area contributed by atoms with Crippen molar-refractivity contribution in [2.75, 3.05) is 14.2 Å². The van der Waals surface area contributed by atoms with Gasteiger partial charge in [-0.15, -0.1) is 0 Å². The summed E-state index contributed by atoms with van der Waals surface area (Å²) in [6.45, 7) is 0. The Bertz CT molecular complexity index is 727. The van der Waals surface area contributed by atoms with Crippen LogP contribution in [0.3, 0.4) is 0 Å². The zero-order valence-electron chi connectivity index (χ0n) is 11.9. The van der Waals surface area contributed by atoms with Gasteiger partial charge in [-0.05, 0) is 17.7 Å². The lowest BCUT2D eigenvalue weighted by Gasteiger charge is -2.16. The average molecular weight is 307 g/mol. The van der Waals surface area contributed by atoms with Crippen LogP contribution in [0, 0.1) is 0 Å². The Hall–Kier alpha value is -2.05. The van der Waals surface area contributed by atoms with Gasteiger partial charge in [-0.2, -0.15) is 0 Å². The molecule has 2 aromatic carbocycles. The van der Waals surface area contributed by atoms with Crippen molar-refractivity contribution < 1.29 is 17.9 Å². The van der Waals surface area contributed by atoms with Gasteiger partial charge in [0.2, 0.25) is 10.0 Å². The van der Waals surface area contributed by atoms with E-state index in [1.165, 1.54) is 26.4 Å². The first-order valence-electron chi connectivity index (χ1n) is 6.28. The van der Waals surface area contributed by atoms with E-state index in [2.05, 4.69) is 0 Å². The number of nitrogens with two attached hydrogens (primary N) is 1. The van der Waals surface area contributed by atoms with Gasteiger partial charge in [0, 0.05) is 12.0 Å². The molecule has 0 radical (unpaired) electrons. The SMILES string of the molecule is COc1ccc(S(N)(=O)=O)c(Cc2ccccc2)c1OC. The molecule has 21 heavy (non-hydrogen) atoms. The van der Waals surface area contributed by atoms with Crippen LogP contribution in [0.25, 0.3) is 0 Å². The summed E-state index contributed by atoms with van der Waals surface area (Å²) in [6.07, 6.45) is 0.382. The van der Waals surface area contributed by atoms with E-state index in [0.717, 1.165) is 5.56 Å². The van der Waals surface area contributed by atoms with Crippen LogP contribution in [0.15, 0.2) is 47.4 Å². The largest absolute Gasteiger partial charge is 0.493 e. The van der Waals surface area contributed by atoms with E-state index in [4.69, 9.17) is 14.6 Å². The first-order chi connectivity index (χ1) is 9.97. The highest BCUT2D eigenvalue weighted by molar-refractivity contribution is 7.89. The Morgan fingerprint density at radius 1 is 1.00 bits per heavy atom. The monoisotopic (exact) mass is 307 g/mol. The summed E-state index contributed by atoms with van der Waals surface area (Å²) < 4.78 is 34.1. The van der Waals surface area contributed by atoms with E-state index >= 15 is 0 Å². The molecule has 0 amide bonds. The summed E-state index contributed by atoms with van der Waals surface area (Å²) in [4.78, 5) is 0.0454. The fourth-order valence-electron chi connectivity index (χ4n) is 2.21. The van der Waals surface area contributed by atoms with Crippen molar-refractivity contribution in [1.29, 1.82) is 0 Å². The van der Waals surface area contributed by atoms with Crippen LogP contribution in [0.1, 0.15) is 11.1 Å². The molecule has 112 valence electrons. The maximum absolute atomic E-state index is 11.8. The third-order valence-corrected chi connectivity index (χ3v) is 4.13. The zero-order chi connectivity index (χ0) is 15.5. The number of benzene rings is 2. The molecule has 0 aliphatic rings. The number of hydrogen-bond acceptors (Lipinski definition) is 4. The predicted octanol–water partition coefficient (Wildman–Crippen LogP) is 1.94. The summed E-state index contributed by atoms with van der Waals surface area (Å²) in [6, 6.07) is 12.5. The summed E-state index contributed by atoms with van der Waals surface area (Å²) in [5.41, 5.74) is 1.44. The molecular formula is C15H17NO4S. The van der Waals surface area contributed by atoms with Crippen molar-refractivity contribution in [2.45, 2.75) is 11.3 Å². The average Bonchev–Trinajstić information content (AvgIpc) is 2.46. The van der Waals surface area contributed by atoms with E-state index in [0.29, 0.717) is 23.5 Å². The molecule has 6 heteroatoms. The van der Waals surface area contributed by atoms with Gasteiger partial charge in [0.15, 0.2) is 11.5 Å². The maximum Gasteiger partial charge on any atom is 0.238 e. The van der Waals surface area contributed by atoms with Crippen molar-refractivity contribution in [3.8, 4) is 11.5 Å². The number of primary sulfonamides is 1. The summed E-state index contributed by atoms with van der Waals surface area (Å²) >= 11 is 0. The van der Waals surface area contributed by atoms with E-state index in [-0.39, 0.29) is 4.90 Å². The van der Waals surface area contributed by atoms with Gasteiger partial charge in [-0.25, -0.2) is 13.6 Å². The van der Waals surface area contributed by atoms with Crippen LogP contribution in [0.2, 0.25) is 0 Å². The molecule has 0 saturated heterocycles. The third-order valence-electron chi connectivity index (χ3n) is 3.14. The molecule has 2 aromatic rings. The van der Waals surface area contributed by atoms with Crippen LogP contribution in [0.5, 0.6) is 11.5 Å². The van der Waals surface area contributed by atoms with Gasteiger partial charge in [0.25, 0.3) is 0 Å². The van der Waals surface area contributed by atoms with Crippen LogP contribution in [0.4, 0.5) is 0 Å². The molecule has 0 unspecified atom stereocenters. The Morgan fingerprint density at radius 3 is 2.19 bits per heavy atom. The van der Waals surface area contributed by atoms with Crippen molar-refractivity contribution in [3.63, 3.8) is 0 Å². The van der Waals surface area contributed by atoms with Gasteiger partial charge < -0.3 is 9.47 Å². The van der Waals surface area contributed by atoms with Crippen molar-refractivity contribution in [1.82, 2.24) is 0 Å². The third kappa shape index (κ3) is 3.34. The topological polar surface area (TPSA) is 78.6 Å². The van der Waals surface area contributed by atoms with Crippen LogP contribution in [-0.4, -0.2) is 22.6 Å². The second kappa shape index (κ2) is 6.15.